The number of hydrogen-bond donors (Lipinski definition) is 1. The van der Waals surface area contributed by atoms with Gasteiger partial charge in [-0.2, -0.15) is 5.10 Å². The molecule has 9 nitrogen and oxygen atoms in total. The van der Waals surface area contributed by atoms with E-state index in [4.69, 9.17) is 4.74 Å². The van der Waals surface area contributed by atoms with Gasteiger partial charge in [0.05, 0.1) is 30.4 Å². The molecule has 1 aromatic carbocycles. The number of hydrogen-bond acceptors (Lipinski definition) is 7. The minimum Gasteiger partial charge on any atom is -0.497 e. The highest BCUT2D eigenvalue weighted by Crippen LogP contribution is 2.24. The topological polar surface area (TPSA) is 99.8 Å². The van der Waals surface area contributed by atoms with Crippen molar-refractivity contribution in [3.8, 4) is 11.4 Å². The SMILES string of the molecule is COc1ccc(-n2c(C)nnc2SCC(=O)Nc2cnc3c(c2)c(C)nn3C)cc1. The number of thioether (sulfide) groups is 1. The van der Waals surface area contributed by atoms with Crippen LogP contribution in [-0.2, 0) is 11.8 Å². The number of ether oxygens (including phenoxy) is 1. The van der Waals surface area contributed by atoms with Gasteiger partial charge in [-0.1, -0.05) is 11.8 Å². The van der Waals surface area contributed by atoms with Crippen LogP contribution < -0.4 is 10.1 Å². The van der Waals surface area contributed by atoms with Gasteiger partial charge in [0.1, 0.15) is 11.6 Å². The molecule has 10 heteroatoms. The lowest BCUT2D eigenvalue weighted by molar-refractivity contribution is -0.113. The molecule has 1 N–H and O–H groups in total. The molecule has 0 radical (unpaired) electrons. The van der Waals surface area contributed by atoms with E-state index < -0.39 is 0 Å². The monoisotopic (exact) mass is 423 g/mol. The summed E-state index contributed by atoms with van der Waals surface area (Å²) in [6, 6.07) is 9.49. The molecule has 0 aliphatic heterocycles. The summed E-state index contributed by atoms with van der Waals surface area (Å²) in [5, 5.41) is 17.2. The summed E-state index contributed by atoms with van der Waals surface area (Å²) < 4.78 is 8.84. The van der Waals surface area contributed by atoms with E-state index in [0.717, 1.165) is 34.0 Å². The fraction of sp³-hybridized carbons (Fsp3) is 0.250. The Bertz CT molecular complexity index is 1210. The third-order valence-corrected chi connectivity index (χ3v) is 5.53. The van der Waals surface area contributed by atoms with Gasteiger partial charge in [-0.15, -0.1) is 10.2 Å². The Balaban J connectivity index is 1.46. The fourth-order valence-electron chi connectivity index (χ4n) is 3.17. The summed E-state index contributed by atoms with van der Waals surface area (Å²) in [5.74, 6) is 1.56. The first-order chi connectivity index (χ1) is 14.5. The lowest BCUT2D eigenvalue weighted by atomic mass is 10.2. The molecule has 3 aromatic heterocycles. The predicted octanol–water partition coefficient (Wildman–Crippen LogP) is 2.91. The van der Waals surface area contributed by atoms with Gasteiger partial charge >= 0.3 is 0 Å². The van der Waals surface area contributed by atoms with Crippen LogP contribution in [0, 0.1) is 13.8 Å². The van der Waals surface area contributed by atoms with Gasteiger partial charge in [-0.05, 0) is 44.2 Å². The van der Waals surface area contributed by atoms with Crippen LogP contribution in [0.2, 0.25) is 0 Å². The fourth-order valence-corrected chi connectivity index (χ4v) is 3.97. The Hall–Kier alpha value is -3.40. The number of benzene rings is 1. The third kappa shape index (κ3) is 3.86. The number of anilines is 1. The average molecular weight is 424 g/mol. The normalized spacial score (nSPS) is 11.1. The second-order valence-corrected chi connectivity index (χ2v) is 7.65. The number of methoxy groups -OCH3 is 1. The maximum Gasteiger partial charge on any atom is 0.234 e. The van der Waals surface area contributed by atoms with Crippen molar-refractivity contribution in [3.63, 3.8) is 0 Å². The van der Waals surface area contributed by atoms with Crippen LogP contribution in [0.1, 0.15) is 11.5 Å². The number of amides is 1. The molecule has 0 atom stereocenters. The second-order valence-electron chi connectivity index (χ2n) is 6.70. The van der Waals surface area contributed by atoms with Gasteiger partial charge in [0.2, 0.25) is 5.91 Å². The molecular formula is C20H21N7O2S. The number of nitrogens with one attached hydrogen (secondary N) is 1. The Labute approximate surface area is 177 Å². The highest BCUT2D eigenvalue weighted by molar-refractivity contribution is 7.99. The zero-order valence-electron chi connectivity index (χ0n) is 17.1. The highest BCUT2D eigenvalue weighted by atomic mass is 32.2. The predicted molar refractivity (Wildman–Crippen MR) is 115 cm³/mol. The van der Waals surface area contributed by atoms with Crippen LogP contribution >= 0.6 is 11.8 Å². The number of nitrogens with zero attached hydrogens (tertiary/aromatic N) is 6. The van der Waals surface area contributed by atoms with Crippen molar-refractivity contribution in [1.82, 2.24) is 29.5 Å². The maximum absolute atomic E-state index is 12.5. The van der Waals surface area contributed by atoms with Crippen molar-refractivity contribution < 1.29 is 9.53 Å². The molecule has 30 heavy (non-hydrogen) atoms. The number of carbonyl (C=O) groups is 1. The smallest absolute Gasteiger partial charge is 0.234 e. The first-order valence-electron chi connectivity index (χ1n) is 9.24. The average Bonchev–Trinajstić information content (AvgIpc) is 3.25. The maximum atomic E-state index is 12.5. The molecule has 0 unspecified atom stereocenters. The van der Waals surface area contributed by atoms with Crippen LogP contribution in [0.4, 0.5) is 5.69 Å². The number of fused-ring (bicyclic) bond motifs is 1. The van der Waals surface area contributed by atoms with Crippen molar-refractivity contribution in [2.75, 3.05) is 18.2 Å². The zero-order valence-corrected chi connectivity index (χ0v) is 17.9. The molecule has 154 valence electrons. The van der Waals surface area contributed by atoms with Gasteiger partial charge in [0.15, 0.2) is 10.8 Å². The lowest BCUT2D eigenvalue weighted by Gasteiger charge is -2.09. The molecular weight excluding hydrogens is 402 g/mol. The third-order valence-electron chi connectivity index (χ3n) is 4.60. The van der Waals surface area contributed by atoms with Crippen LogP contribution in [0.15, 0.2) is 41.7 Å². The number of carbonyl (C=O) groups excluding carboxylic acids is 1. The number of aryl methyl sites for hydroxylation is 3. The Morgan fingerprint density at radius 1 is 1.20 bits per heavy atom. The van der Waals surface area contributed by atoms with Crippen LogP contribution in [-0.4, -0.2) is 48.3 Å². The zero-order chi connectivity index (χ0) is 21.3. The van der Waals surface area contributed by atoms with E-state index in [1.807, 2.05) is 55.8 Å². The second kappa shape index (κ2) is 8.15. The highest BCUT2D eigenvalue weighted by Gasteiger charge is 2.14. The van der Waals surface area contributed by atoms with Gasteiger partial charge in [-0.25, -0.2) is 4.98 Å². The summed E-state index contributed by atoms with van der Waals surface area (Å²) >= 11 is 1.32. The summed E-state index contributed by atoms with van der Waals surface area (Å²) in [4.78, 5) is 16.9. The van der Waals surface area contributed by atoms with Crippen molar-refractivity contribution in [2.24, 2.45) is 7.05 Å². The molecule has 4 rings (SSSR count). The van der Waals surface area contributed by atoms with Crippen LogP contribution in [0.25, 0.3) is 16.7 Å². The van der Waals surface area contributed by atoms with E-state index in [-0.39, 0.29) is 11.7 Å². The Morgan fingerprint density at radius 2 is 1.97 bits per heavy atom. The van der Waals surface area contributed by atoms with Crippen LogP contribution in [0.3, 0.4) is 0 Å². The van der Waals surface area contributed by atoms with Gasteiger partial charge in [-0.3, -0.25) is 14.0 Å². The van der Waals surface area contributed by atoms with Gasteiger partial charge < -0.3 is 10.1 Å². The van der Waals surface area contributed by atoms with E-state index in [2.05, 4.69) is 25.6 Å². The minimum absolute atomic E-state index is 0.148. The van der Waals surface area contributed by atoms with Crippen molar-refractivity contribution in [3.05, 3.63) is 48.0 Å². The van der Waals surface area contributed by atoms with E-state index in [1.54, 1.807) is 18.0 Å². The molecule has 0 spiro atoms. The Morgan fingerprint density at radius 3 is 2.70 bits per heavy atom. The largest absolute Gasteiger partial charge is 0.497 e. The van der Waals surface area contributed by atoms with E-state index in [0.29, 0.717) is 10.8 Å². The molecule has 0 aliphatic carbocycles. The summed E-state index contributed by atoms with van der Waals surface area (Å²) in [6.45, 7) is 3.79. The minimum atomic E-state index is -0.148. The molecule has 1 amide bonds. The van der Waals surface area contributed by atoms with Crippen molar-refractivity contribution in [1.29, 1.82) is 0 Å². The Kier molecular flexibility index (Phi) is 5.40. The number of aromatic nitrogens is 6. The molecule has 4 aromatic rings. The van der Waals surface area contributed by atoms with Gasteiger partial charge in [0, 0.05) is 18.1 Å². The van der Waals surface area contributed by atoms with E-state index >= 15 is 0 Å². The lowest BCUT2D eigenvalue weighted by Crippen LogP contribution is -2.14. The van der Waals surface area contributed by atoms with Gasteiger partial charge in [0.25, 0.3) is 0 Å². The van der Waals surface area contributed by atoms with Crippen LogP contribution in [0.5, 0.6) is 5.75 Å². The summed E-state index contributed by atoms with van der Waals surface area (Å²) in [7, 11) is 3.47. The summed E-state index contributed by atoms with van der Waals surface area (Å²) in [6.07, 6.45) is 1.63. The van der Waals surface area contributed by atoms with Crippen molar-refractivity contribution >= 4 is 34.4 Å². The van der Waals surface area contributed by atoms with E-state index in [1.165, 1.54) is 11.8 Å². The van der Waals surface area contributed by atoms with E-state index in [9.17, 15) is 4.79 Å². The number of pyridine rings is 1. The first-order valence-corrected chi connectivity index (χ1v) is 10.2. The molecule has 0 saturated heterocycles. The molecule has 0 aliphatic rings. The molecule has 0 bridgehead atoms. The molecule has 0 fully saturated rings. The molecule has 0 saturated carbocycles. The standard InChI is InChI=1S/C20H21N7O2S/c1-12-17-9-14(10-21-19(17)26(3)25-12)22-18(28)11-30-20-24-23-13(2)27(20)15-5-7-16(29-4)8-6-15/h5-10H,11H2,1-4H3,(H,22,28). The summed E-state index contributed by atoms with van der Waals surface area (Å²) in [5.41, 5.74) is 3.19. The van der Waals surface area contributed by atoms with Crippen molar-refractivity contribution in [2.45, 2.75) is 19.0 Å². The molecule has 3 heterocycles. The first kappa shape index (κ1) is 19.9. The number of rotatable bonds is 6. The quantitative estimate of drug-likeness (QED) is 0.476.